The van der Waals surface area contributed by atoms with Gasteiger partial charge in [0.2, 0.25) is 0 Å². The van der Waals surface area contributed by atoms with Gasteiger partial charge in [-0.15, -0.1) is 0 Å². The Kier molecular flexibility index (Phi) is 7.68. The Morgan fingerprint density at radius 1 is 1.10 bits per heavy atom. The molecule has 1 heterocycles. The maximum absolute atomic E-state index is 12.6. The largest absolute Gasteiger partial charge is 0.497 e. The highest BCUT2D eigenvalue weighted by molar-refractivity contribution is 6.22. The van der Waals surface area contributed by atoms with Crippen LogP contribution in [-0.4, -0.2) is 92.8 Å². The van der Waals surface area contributed by atoms with Crippen molar-refractivity contribution in [3.8, 4) is 5.75 Å². The molecule has 0 atom stereocenters. The third-order valence-corrected chi connectivity index (χ3v) is 5.90. The van der Waals surface area contributed by atoms with Gasteiger partial charge in [-0.3, -0.25) is 14.5 Å². The molecule has 1 N–H and O–H groups in total. The van der Waals surface area contributed by atoms with Crippen molar-refractivity contribution in [3.63, 3.8) is 0 Å². The van der Waals surface area contributed by atoms with Crippen LogP contribution in [-0.2, 0) is 9.59 Å². The minimum absolute atomic E-state index is 0.0461. The average Bonchev–Trinajstić information content (AvgIpc) is 2.77. The Morgan fingerprint density at radius 3 is 2.26 bits per heavy atom. The molecule has 1 aromatic carbocycles. The summed E-state index contributed by atoms with van der Waals surface area (Å²) in [6, 6.07) is 7.59. The minimum atomic E-state index is -0.111. The van der Waals surface area contributed by atoms with E-state index in [1.165, 1.54) is 0 Å². The lowest BCUT2D eigenvalue weighted by Crippen LogP contribution is -2.52. The first-order chi connectivity index (χ1) is 14.9. The van der Waals surface area contributed by atoms with Crippen molar-refractivity contribution in [2.75, 3.05) is 60.5 Å². The summed E-state index contributed by atoms with van der Waals surface area (Å²) in [5.41, 5.74) is 1.26. The molecule has 0 radical (unpaired) electrons. The fraction of sp³-hybridized carbons (Fsp3) is 0.522. The van der Waals surface area contributed by atoms with E-state index in [-0.39, 0.29) is 29.1 Å². The Bertz CT molecular complexity index is 806. The number of ketones is 2. The number of urea groups is 1. The van der Waals surface area contributed by atoms with Crippen LogP contribution in [0, 0.1) is 0 Å². The summed E-state index contributed by atoms with van der Waals surface area (Å²) in [5, 5.41) is 3.13. The molecule has 0 bridgehead atoms. The number of ether oxygens (including phenoxy) is 1. The van der Waals surface area contributed by atoms with Crippen molar-refractivity contribution in [2.45, 2.75) is 18.8 Å². The van der Waals surface area contributed by atoms with E-state index in [1.54, 1.807) is 32.3 Å². The standard InChI is InChI=1S/C23H32N4O4/c1-25(2)23(30)27-12-10-26(11-13-27)9-8-24-16-20-21(28)14-18(15-22(20)29)17-4-6-19(31-3)7-5-17/h4-7,16,18,24H,8-15H2,1-3H3. The van der Waals surface area contributed by atoms with Gasteiger partial charge in [-0.25, -0.2) is 4.79 Å². The number of nitrogens with one attached hydrogen (secondary N) is 1. The van der Waals surface area contributed by atoms with Crippen molar-refractivity contribution < 1.29 is 19.1 Å². The van der Waals surface area contributed by atoms with Gasteiger partial charge in [0.05, 0.1) is 12.7 Å². The summed E-state index contributed by atoms with van der Waals surface area (Å²) in [5.74, 6) is 0.456. The number of amides is 2. The summed E-state index contributed by atoms with van der Waals surface area (Å²) < 4.78 is 5.17. The molecule has 2 amide bonds. The molecule has 8 heteroatoms. The molecular formula is C23H32N4O4. The number of hydrogen-bond acceptors (Lipinski definition) is 6. The summed E-state index contributed by atoms with van der Waals surface area (Å²) in [6.45, 7) is 4.50. The molecule has 1 aliphatic heterocycles. The second-order valence-corrected chi connectivity index (χ2v) is 8.24. The summed E-state index contributed by atoms with van der Waals surface area (Å²) in [4.78, 5) is 42.8. The highest BCUT2D eigenvalue weighted by Gasteiger charge is 2.31. The molecule has 2 fully saturated rings. The Hall–Kier alpha value is -2.87. The van der Waals surface area contributed by atoms with Gasteiger partial charge in [-0.1, -0.05) is 12.1 Å². The molecule has 1 aromatic rings. The van der Waals surface area contributed by atoms with Crippen molar-refractivity contribution in [3.05, 3.63) is 41.6 Å². The van der Waals surface area contributed by atoms with Crippen LogP contribution >= 0.6 is 0 Å². The Labute approximate surface area is 183 Å². The summed E-state index contributed by atoms with van der Waals surface area (Å²) in [6.07, 6.45) is 2.27. The average molecular weight is 429 g/mol. The van der Waals surface area contributed by atoms with Crippen molar-refractivity contribution in [2.24, 2.45) is 0 Å². The third kappa shape index (κ3) is 5.85. The number of benzene rings is 1. The van der Waals surface area contributed by atoms with Crippen LogP contribution in [0.3, 0.4) is 0 Å². The number of methoxy groups -OCH3 is 1. The quantitative estimate of drug-likeness (QED) is 0.420. The number of nitrogens with zero attached hydrogens (tertiary/aromatic N) is 3. The van der Waals surface area contributed by atoms with Gasteiger partial charge in [-0.2, -0.15) is 0 Å². The predicted octanol–water partition coefficient (Wildman–Crippen LogP) is 1.48. The molecule has 0 spiro atoms. The van der Waals surface area contributed by atoms with Crippen molar-refractivity contribution in [1.82, 2.24) is 20.0 Å². The molecule has 3 rings (SSSR count). The van der Waals surface area contributed by atoms with Crippen LogP contribution in [0.25, 0.3) is 0 Å². The first kappa shape index (κ1) is 22.8. The van der Waals surface area contributed by atoms with E-state index in [0.29, 0.717) is 32.5 Å². The number of allylic oxidation sites excluding steroid dienone is 1. The number of carbonyl (C=O) groups is 3. The summed E-state index contributed by atoms with van der Waals surface area (Å²) >= 11 is 0. The molecule has 0 unspecified atom stereocenters. The van der Waals surface area contributed by atoms with Gasteiger partial charge in [-0.05, 0) is 23.6 Å². The molecule has 1 saturated carbocycles. The van der Waals surface area contributed by atoms with Crippen LogP contribution in [0.4, 0.5) is 4.79 Å². The zero-order valence-electron chi connectivity index (χ0n) is 18.6. The maximum Gasteiger partial charge on any atom is 0.319 e. The van der Waals surface area contributed by atoms with E-state index in [2.05, 4.69) is 10.2 Å². The molecule has 31 heavy (non-hydrogen) atoms. The topological polar surface area (TPSA) is 82.2 Å². The highest BCUT2D eigenvalue weighted by atomic mass is 16.5. The van der Waals surface area contributed by atoms with Gasteiger partial charge in [0.25, 0.3) is 0 Å². The van der Waals surface area contributed by atoms with Gasteiger partial charge in [0, 0.05) is 72.4 Å². The number of Topliss-reactive ketones (excluding diaryl/α,β-unsaturated/α-hetero) is 2. The number of piperazine rings is 1. The first-order valence-corrected chi connectivity index (χ1v) is 10.7. The molecular weight excluding hydrogens is 396 g/mol. The normalized spacial score (nSPS) is 19.9. The minimum Gasteiger partial charge on any atom is -0.497 e. The van der Waals surface area contributed by atoms with Crippen molar-refractivity contribution >= 4 is 17.6 Å². The van der Waals surface area contributed by atoms with Gasteiger partial charge in [0.15, 0.2) is 11.6 Å². The van der Waals surface area contributed by atoms with Crippen LogP contribution in [0.5, 0.6) is 5.75 Å². The first-order valence-electron chi connectivity index (χ1n) is 10.7. The van der Waals surface area contributed by atoms with E-state index in [0.717, 1.165) is 30.9 Å². The molecule has 1 aliphatic carbocycles. The SMILES string of the molecule is COc1ccc(C2CC(=O)C(=CNCCN3CCN(C(=O)N(C)C)CC3)C(=O)C2)cc1. The van der Waals surface area contributed by atoms with E-state index in [9.17, 15) is 14.4 Å². The predicted molar refractivity (Wildman–Crippen MR) is 118 cm³/mol. The second-order valence-electron chi connectivity index (χ2n) is 8.24. The highest BCUT2D eigenvalue weighted by Crippen LogP contribution is 2.32. The third-order valence-electron chi connectivity index (χ3n) is 5.90. The van der Waals surface area contributed by atoms with Crippen LogP contribution in [0.2, 0.25) is 0 Å². The van der Waals surface area contributed by atoms with Crippen LogP contribution in [0.15, 0.2) is 36.0 Å². The van der Waals surface area contributed by atoms with Gasteiger partial charge >= 0.3 is 6.03 Å². The van der Waals surface area contributed by atoms with Crippen LogP contribution in [0.1, 0.15) is 24.3 Å². The lowest BCUT2D eigenvalue weighted by molar-refractivity contribution is -0.124. The number of hydrogen-bond donors (Lipinski definition) is 1. The smallest absolute Gasteiger partial charge is 0.319 e. The van der Waals surface area contributed by atoms with Crippen LogP contribution < -0.4 is 10.1 Å². The summed E-state index contributed by atoms with van der Waals surface area (Å²) in [7, 11) is 5.14. The van der Waals surface area contributed by atoms with E-state index >= 15 is 0 Å². The van der Waals surface area contributed by atoms with E-state index in [1.807, 2.05) is 29.2 Å². The number of carbonyl (C=O) groups excluding carboxylic acids is 3. The van der Waals surface area contributed by atoms with Crippen molar-refractivity contribution in [1.29, 1.82) is 0 Å². The molecule has 1 saturated heterocycles. The van der Waals surface area contributed by atoms with E-state index < -0.39 is 0 Å². The Morgan fingerprint density at radius 2 is 1.71 bits per heavy atom. The number of rotatable bonds is 6. The van der Waals surface area contributed by atoms with E-state index in [4.69, 9.17) is 4.74 Å². The second kappa shape index (κ2) is 10.4. The molecule has 2 aliphatic rings. The maximum atomic E-state index is 12.6. The Balaban J connectivity index is 1.44. The zero-order chi connectivity index (χ0) is 22.4. The molecule has 0 aromatic heterocycles. The monoisotopic (exact) mass is 428 g/mol. The fourth-order valence-corrected chi connectivity index (χ4v) is 4.01. The van der Waals surface area contributed by atoms with Gasteiger partial charge in [0.1, 0.15) is 5.75 Å². The zero-order valence-corrected chi connectivity index (χ0v) is 18.6. The lowest BCUT2D eigenvalue weighted by atomic mass is 9.80. The molecule has 168 valence electrons. The lowest BCUT2D eigenvalue weighted by Gasteiger charge is -2.35. The fourth-order valence-electron chi connectivity index (χ4n) is 4.01. The van der Waals surface area contributed by atoms with Gasteiger partial charge < -0.3 is 19.9 Å². The molecule has 8 nitrogen and oxygen atoms in total.